The molecular weight excluding hydrogens is 282 g/mol. The third kappa shape index (κ3) is 3.34. The van der Waals surface area contributed by atoms with Crippen LogP contribution >= 0.6 is 0 Å². The molecule has 0 saturated heterocycles. The minimum Gasteiger partial charge on any atom is -0.207 e. The molecule has 21 heavy (non-hydrogen) atoms. The number of benzene rings is 2. The van der Waals surface area contributed by atoms with Gasteiger partial charge in [0.25, 0.3) is 0 Å². The minimum atomic E-state index is -3.46. The first-order chi connectivity index (χ1) is 9.82. The Hall–Kier alpha value is -1.65. The quantitative estimate of drug-likeness (QED) is 0.867. The monoisotopic (exact) mass is 303 g/mol. The first kappa shape index (κ1) is 15.7. The molecule has 0 atom stereocenters. The Kier molecular flexibility index (Phi) is 4.49. The van der Waals surface area contributed by atoms with Crippen LogP contribution in [0.2, 0.25) is 0 Å². The Morgan fingerprint density at radius 3 is 2.19 bits per heavy atom. The van der Waals surface area contributed by atoms with Crippen LogP contribution in [0.4, 0.5) is 0 Å². The Labute approximate surface area is 127 Å². The van der Waals surface area contributed by atoms with Gasteiger partial charge in [-0.25, -0.2) is 8.42 Å². The van der Waals surface area contributed by atoms with E-state index in [1.165, 1.54) is 4.31 Å². The van der Waals surface area contributed by atoms with Gasteiger partial charge in [0.05, 0.1) is 4.90 Å². The Balaban J connectivity index is 2.30. The van der Waals surface area contributed by atoms with Crippen molar-refractivity contribution in [3.8, 4) is 0 Å². The summed E-state index contributed by atoms with van der Waals surface area (Å²) in [6, 6.07) is 13.1. The summed E-state index contributed by atoms with van der Waals surface area (Å²) in [7, 11) is -1.84. The Morgan fingerprint density at radius 2 is 1.57 bits per heavy atom. The second-order valence-electron chi connectivity index (χ2n) is 5.43. The molecule has 0 bridgehead atoms. The largest absolute Gasteiger partial charge is 0.243 e. The molecule has 3 nitrogen and oxygen atoms in total. The normalized spacial score (nSPS) is 11.9. The van der Waals surface area contributed by atoms with Crippen LogP contribution < -0.4 is 0 Å². The smallest absolute Gasteiger partial charge is 0.207 e. The highest BCUT2D eigenvalue weighted by atomic mass is 32.2. The van der Waals surface area contributed by atoms with Gasteiger partial charge in [0.2, 0.25) is 10.0 Å². The van der Waals surface area contributed by atoms with Crippen LogP contribution in [-0.2, 0) is 16.6 Å². The molecule has 0 aliphatic rings. The van der Waals surface area contributed by atoms with Gasteiger partial charge in [-0.1, -0.05) is 30.3 Å². The molecule has 0 radical (unpaired) electrons. The molecule has 0 amide bonds. The molecule has 0 unspecified atom stereocenters. The molecule has 112 valence electrons. The summed E-state index contributed by atoms with van der Waals surface area (Å²) in [6.45, 7) is 6.27. The maximum absolute atomic E-state index is 12.6. The average Bonchev–Trinajstić information content (AvgIpc) is 2.44. The van der Waals surface area contributed by atoms with E-state index in [9.17, 15) is 8.42 Å². The van der Waals surface area contributed by atoms with E-state index in [1.54, 1.807) is 19.2 Å². The van der Waals surface area contributed by atoms with Crippen LogP contribution in [0, 0.1) is 20.8 Å². The van der Waals surface area contributed by atoms with Gasteiger partial charge in [0.15, 0.2) is 0 Å². The van der Waals surface area contributed by atoms with Crippen LogP contribution in [0.5, 0.6) is 0 Å². The molecule has 2 aromatic rings. The van der Waals surface area contributed by atoms with Crippen LogP contribution in [-0.4, -0.2) is 19.8 Å². The van der Waals surface area contributed by atoms with Crippen molar-refractivity contribution in [1.29, 1.82) is 0 Å². The minimum absolute atomic E-state index is 0.349. The molecular formula is C17H21NO2S. The van der Waals surface area contributed by atoms with Crippen molar-refractivity contribution >= 4 is 10.0 Å². The van der Waals surface area contributed by atoms with Crippen LogP contribution in [0.1, 0.15) is 22.3 Å². The van der Waals surface area contributed by atoms with E-state index in [4.69, 9.17) is 0 Å². The molecule has 0 spiro atoms. The molecule has 4 heteroatoms. The van der Waals surface area contributed by atoms with E-state index in [2.05, 4.69) is 0 Å². The predicted molar refractivity (Wildman–Crippen MR) is 85.7 cm³/mol. The van der Waals surface area contributed by atoms with Gasteiger partial charge in [0, 0.05) is 13.6 Å². The van der Waals surface area contributed by atoms with Crippen molar-refractivity contribution in [2.45, 2.75) is 32.2 Å². The summed E-state index contributed by atoms with van der Waals surface area (Å²) in [5.74, 6) is 0. The Bertz CT molecular complexity index is 751. The van der Waals surface area contributed by atoms with Crippen molar-refractivity contribution in [2.24, 2.45) is 0 Å². The summed E-state index contributed by atoms with van der Waals surface area (Å²) in [5, 5.41) is 0. The number of nitrogens with zero attached hydrogens (tertiary/aromatic N) is 1. The number of sulfonamides is 1. The summed E-state index contributed by atoms with van der Waals surface area (Å²) in [4.78, 5) is 0.349. The number of hydrogen-bond donors (Lipinski definition) is 0. The van der Waals surface area contributed by atoms with Crippen molar-refractivity contribution in [3.05, 3.63) is 64.7 Å². The predicted octanol–water partition coefficient (Wildman–Crippen LogP) is 3.43. The molecule has 0 aliphatic carbocycles. The maximum Gasteiger partial charge on any atom is 0.243 e. The third-order valence-corrected chi connectivity index (χ3v) is 5.64. The zero-order chi connectivity index (χ0) is 15.6. The number of aryl methyl sites for hydroxylation is 3. The highest BCUT2D eigenvalue weighted by Crippen LogP contribution is 2.20. The first-order valence-corrected chi connectivity index (χ1v) is 8.34. The molecule has 0 heterocycles. The summed E-state index contributed by atoms with van der Waals surface area (Å²) >= 11 is 0. The molecule has 0 fully saturated rings. The standard InChI is InChI=1S/C17H21NO2S/c1-13-9-10-17(11-15(13)3)21(19,20)18(4)12-16-8-6-5-7-14(16)2/h5-11H,12H2,1-4H3. The maximum atomic E-state index is 12.6. The van der Waals surface area contributed by atoms with E-state index in [0.717, 1.165) is 22.3 Å². The number of rotatable bonds is 4. The van der Waals surface area contributed by atoms with Gasteiger partial charge < -0.3 is 0 Å². The second-order valence-corrected chi connectivity index (χ2v) is 7.48. The van der Waals surface area contributed by atoms with Gasteiger partial charge in [-0.15, -0.1) is 0 Å². The highest BCUT2D eigenvalue weighted by molar-refractivity contribution is 7.89. The second kappa shape index (κ2) is 6.00. The lowest BCUT2D eigenvalue weighted by Gasteiger charge is -2.19. The van der Waals surface area contributed by atoms with Crippen molar-refractivity contribution in [1.82, 2.24) is 4.31 Å². The lowest BCUT2D eigenvalue weighted by atomic mass is 10.1. The van der Waals surface area contributed by atoms with E-state index < -0.39 is 10.0 Å². The first-order valence-electron chi connectivity index (χ1n) is 6.90. The average molecular weight is 303 g/mol. The van der Waals surface area contributed by atoms with Crippen LogP contribution in [0.3, 0.4) is 0 Å². The summed E-state index contributed by atoms with van der Waals surface area (Å²) < 4.78 is 26.7. The van der Waals surface area contributed by atoms with Crippen molar-refractivity contribution < 1.29 is 8.42 Å². The fourth-order valence-corrected chi connectivity index (χ4v) is 3.40. The van der Waals surface area contributed by atoms with Gasteiger partial charge in [-0.3, -0.25) is 0 Å². The van der Waals surface area contributed by atoms with Gasteiger partial charge in [0.1, 0.15) is 0 Å². The SMILES string of the molecule is Cc1ccc(S(=O)(=O)N(C)Cc2ccccc2C)cc1C. The topological polar surface area (TPSA) is 37.4 Å². The molecule has 0 saturated carbocycles. The molecule has 0 aliphatic heterocycles. The van der Waals surface area contributed by atoms with Gasteiger partial charge in [-0.2, -0.15) is 4.31 Å². The zero-order valence-corrected chi connectivity index (χ0v) is 13.7. The summed E-state index contributed by atoms with van der Waals surface area (Å²) in [6.07, 6.45) is 0. The van der Waals surface area contributed by atoms with E-state index in [1.807, 2.05) is 51.1 Å². The van der Waals surface area contributed by atoms with Crippen LogP contribution in [0.25, 0.3) is 0 Å². The van der Waals surface area contributed by atoms with Crippen LogP contribution in [0.15, 0.2) is 47.4 Å². The molecule has 0 N–H and O–H groups in total. The van der Waals surface area contributed by atoms with E-state index in [0.29, 0.717) is 11.4 Å². The van der Waals surface area contributed by atoms with E-state index in [-0.39, 0.29) is 0 Å². The third-order valence-electron chi connectivity index (χ3n) is 3.84. The Morgan fingerprint density at radius 1 is 0.905 bits per heavy atom. The zero-order valence-electron chi connectivity index (χ0n) is 12.9. The van der Waals surface area contributed by atoms with E-state index >= 15 is 0 Å². The molecule has 2 aromatic carbocycles. The van der Waals surface area contributed by atoms with Crippen molar-refractivity contribution in [2.75, 3.05) is 7.05 Å². The summed E-state index contributed by atoms with van der Waals surface area (Å²) in [5.41, 5.74) is 4.20. The van der Waals surface area contributed by atoms with Crippen molar-refractivity contribution in [3.63, 3.8) is 0 Å². The van der Waals surface area contributed by atoms with Gasteiger partial charge >= 0.3 is 0 Å². The highest BCUT2D eigenvalue weighted by Gasteiger charge is 2.21. The fourth-order valence-electron chi connectivity index (χ4n) is 2.17. The number of hydrogen-bond acceptors (Lipinski definition) is 2. The lowest BCUT2D eigenvalue weighted by molar-refractivity contribution is 0.466. The lowest BCUT2D eigenvalue weighted by Crippen LogP contribution is -2.26. The molecule has 2 rings (SSSR count). The van der Waals surface area contributed by atoms with Gasteiger partial charge in [-0.05, 0) is 55.2 Å². The molecule has 0 aromatic heterocycles. The fraction of sp³-hybridized carbons (Fsp3) is 0.294.